The number of nitrogen functional groups attached to an aromatic ring is 2. The van der Waals surface area contributed by atoms with E-state index in [1.54, 1.807) is 0 Å². The molecule has 0 bridgehead atoms. The summed E-state index contributed by atoms with van der Waals surface area (Å²) in [6.45, 7) is 0. The first kappa shape index (κ1) is 28.1. The standard InChI is InChI=1S/C8H6O4.2C6H7NO3S/c9-7(10)5-2-1-3-6(4-5)8(11)12;2*7-5-2-1-3-6(4-5)11(8,9)10/h1-4H,(H,9,10)(H,11,12);2*1-4H,7H2,(H,8,9,10). The number of aromatic carboxylic acids is 2. The highest BCUT2D eigenvalue weighted by Gasteiger charge is 2.09. The van der Waals surface area contributed by atoms with Crippen LogP contribution in [0.4, 0.5) is 11.4 Å². The smallest absolute Gasteiger partial charge is 0.335 e. The fraction of sp³-hybridized carbons (Fsp3) is 0. The molecule has 14 heteroatoms. The van der Waals surface area contributed by atoms with Gasteiger partial charge < -0.3 is 21.7 Å². The van der Waals surface area contributed by atoms with Crippen LogP contribution in [-0.4, -0.2) is 48.1 Å². The minimum Gasteiger partial charge on any atom is -0.478 e. The van der Waals surface area contributed by atoms with E-state index in [0.29, 0.717) is 11.4 Å². The number of rotatable bonds is 4. The molecule has 0 spiro atoms. The van der Waals surface area contributed by atoms with Crippen molar-refractivity contribution in [3.05, 3.63) is 83.9 Å². The topological polar surface area (TPSA) is 235 Å². The molecular formula is C20H20N2O10S2. The maximum atomic E-state index is 10.5. The molecule has 0 unspecified atom stereocenters. The number of nitrogens with two attached hydrogens (primary N) is 2. The Balaban J connectivity index is 0.000000255. The second-order valence-electron chi connectivity index (χ2n) is 6.29. The molecule has 0 fully saturated rings. The Bertz CT molecular complexity index is 1280. The second-order valence-corrected chi connectivity index (χ2v) is 9.13. The Morgan fingerprint density at radius 1 is 0.588 bits per heavy atom. The summed E-state index contributed by atoms with van der Waals surface area (Å²) in [6.07, 6.45) is 0. The third-order valence-electron chi connectivity index (χ3n) is 3.67. The van der Waals surface area contributed by atoms with E-state index in [-0.39, 0.29) is 20.9 Å². The second kappa shape index (κ2) is 11.8. The number of carboxylic acids is 2. The lowest BCUT2D eigenvalue weighted by molar-refractivity contribution is 0.0696. The molecule has 12 nitrogen and oxygen atoms in total. The van der Waals surface area contributed by atoms with Crippen LogP contribution in [0.3, 0.4) is 0 Å². The summed E-state index contributed by atoms with van der Waals surface area (Å²) < 4.78 is 59.0. The summed E-state index contributed by atoms with van der Waals surface area (Å²) >= 11 is 0. The molecule has 0 aliphatic rings. The molecule has 0 amide bonds. The molecule has 0 heterocycles. The van der Waals surface area contributed by atoms with Gasteiger partial charge >= 0.3 is 11.9 Å². The molecule has 0 saturated carbocycles. The molecule has 3 aromatic rings. The minimum absolute atomic E-state index is 0.0186. The predicted molar refractivity (Wildman–Crippen MR) is 122 cm³/mol. The maximum Gasteiger partial charge on any atom is 0.335 e. The van der Waals surface area contributed by atoms with Crippen LogP contribution in [0.1, 0.15) is 20.7 Å². The molecule has 0 aromatic heterocycles. The summed E-state index contributed by atoms with van der Waals surface area (Å²) in [5.74, 6) is -2.25. The van der Waals surface area contributed by atoms with Crippen LogP contribution in [0.5, 0.6) is 0 Å². The lowest BCUT2D eigenvalue weighted by Gasteiger charge is -1.96. The van der Waals surface area contributed by atoms with Crippen molar-refractivity contribution in [2.24, 2.45) is 0 Å². The van der Waals surface area contributed by atoms with E-state index in [1.807, 2.05) is 0 Å². The molecule has 0 radical (unpaired) electrons. The summed E-state index contributed by atoms with van der Waals surface area (Å²) in [5.41, 5.74) is 11.1. The normalized spacial score (nSPS) is 10.6. The van der Waals surface area contributed by atoms with Crippen molar-refractivity contribution in [2.75, 3.05) is 11.5 Å². The van der Waals surface area contributed by atoms with Crippen LogP contribution in [0, 0.1) is 0 Å². The molecule has 182 valence electrons. The van der Waals surface area contributed by atoms with Gasteiger partial charge in [0.05, 0.1) is 20.9 Å². The maximum absolute atomic E-state index is 10.5. The fourth-order valence-corrected chi connectivity index (χ4v) is 3.21. The lowest BCUT2D eigenvalue weighted by Crippen LogP contribution is -2.01. The highest BCUT2D eigenvalue weighted by molar-refractivity contribution is 7.86. The molecule has 34 heavy (non-hydrogen) atoms. The van der Waals surface area contributed by atoms with Crippen molar-refractivity contribution >= 4 is 43.5 Å². The quantitative estimate of drug-likeness (QED) is 0.218. The lowest BCUT2D eigenvalue weighted by atomic mass is 10.1. The number of benzene rings is 3. The zero-order chi connectivity index (χ0) is 26.1. The van der Waals surface area contributed by atoms with Crippen molar-refractivity contribution in [2.45, 2.75) is 9.79 Å². The summed E-state index contributed by atoms with van der Waals surface area (Å²) in [4.78, 5) is 20.4. The van der Waals surface area contributed by atoms with E-state index >= 15 is 0 Å². The Morgan fingerprint density at radius 2 is 0.912 bits per heavy atom. The van der Waals surface area contributed by atoms with Crippen molar-refractivity contribution in [3.63, 3.8) is 0 Å². The first-order valence-corrected chi connectivity index (χ1v) is 11.7. The van der Waals surface area contributed by atoms with Gasteiger partial charge in [-0.3, -0.25) is 9.11 Å². The van der Waals surface area contributed by atoms with Crippen LogP contribution < -0.4 is 11.5 Å². The first-order valence-electron chi connectivity index (χ1n) is 8.84. The third kappa shape index (κ3) is 9.66. The number of carboxylic acid groups (broad SMARTS) is 2. The number of carbonyl (C=O) groups is 2. The van der Waals surface area contributed by atoms with Gasteiger partial charge in [-0.2, -0.15) is 16.8 Å². The SMILES string of the molecule is Nc1cccc(S(=O)(=O)O)c1.Nc1cccc(S(=O)(=O)O)c1.O=C(O)c1cccc(C(=O)O)c1. The van der Waals surface area contributed by atoms with Crippen molar-refractivity contribution in [3.8, 4) is 0 Å². The minimum atomic E-state index is -4.11. The monoisotopic (exact) mass is 512 g/mol. The summed E-state index contributed by atoms with van der Waals surface area (Å²) in [6, 6.07) is 16.1. The van der Waals surface area contributed by atoms with Crippen molar-refractivity contribution in [1.29, 1.82) is 0 Å². The van der Waals surface area contributed by atoms with E-state index < -0.39 is 32.2 Å². The van der Waals surface area contributed by atoms with Gasteiger partial charge in [-0.05, 0) is 54.6 Å². The van der Waals surface area contributed by atoms with Gasteiger partial charge in [0.25, 0.3) is 20.2 Å². The average Bonchev–Trinajstić information content (AvgIpc) is 2.73. The van der Waals surface area contributed by atoms with E-state index in [2.05, 4.69) is 0 Å². The molecule has 3 rings (SSSR count). The van der Waals surface area contributed by atoms with Crippen LogP contribution in [0.25, 0.3) is 0 Å². The van der Waals surface area contributed by atoms with Crippen molar-refractivity contribution in [1.82, 2.24) is 0 Å². The van der Waals surface area contributed by atoms with Crippen LogP contribution in [0.15, 0.2) is 82.6 Å². The van der Waals surface area contributed by atoms with Gasteiger partial charge in [0.1, 0.15) is 0 Å². The van der Waals surface area contributed by atoms with Crippen LogP contribution in [-0.2, 0) is 20.2 Å². The van der Waals surface area contributed by atoms with E-state index in [0.717, 1.165) is 6.07 Å². The zero-order valence-electron chi connectivity index (χ0n) is 17.1. The Labute approximate surface area is 194 Å². The Hall–Kier alpha value is -3.98. The predicted octanol–water partition coefficient (Wildman–Crippen LogP) is 2.11. The third-order valence-corrected chi connectivity index (χ3v) is 5.37. The fourth-order valence-electron chi connectivity index (χ4n) is 2.14. The molecule has 0 saturated heterocycles. The Kier molecular flexibility index (Phi) is 9.70. The average molecular weight is 513 g/mol. The zero-order valence-corrected chi connectivity index (χ0v) is 18.8. The van der Waals surface area contributed by atoms with Gasteiger partial charge in [0.2, 0.25) is 0 Å². The number of hydrogen-bond donors (Lipinski definition) is 6. The molecule has 0 aliphatic carbocycles. The van der Waals surface area contributed by atoms with E-state index in [9.17, 15) is 26.4 Å². The van der Waals surface area contributed by atoms with Gasteiger partial charge in [-0.1, -0.05) is 18.2 Å². The van der Waals surface area contributed by atoms with E-state index in [1.165, 1.54) is 66.7 Å². The Morgan fingerprint density at radius 3 is 1.15 bits per heavy atom. The van der Waals surface area contributed by atoms with Gasteiger partial charge in [0.15, 0.2) is 0 Å². The highest BCUT2D eigenvalue weighted by Crippen LogP contribution is 2.12. The largest absolute Gasteiger partial charge is 0.478 e. The molecule has 8 N–H and O–H groups in total. The van der Waals surface area contributed by atoms with Gasteiger partial charge in [0, 0.05) is 11.4 Å². The molecule has 0 atom stereocenters. The van der Waals surface area contributed by atoms with E-state index in [4.69, 9.17) is 30.8 Å². The van der Waals surface area contributed by atoms with Crippen LogP contribution in [0.2, 0.25) is 0 Å². The van der Waals surface area contributed by atoms with Crippen molar-refractivity contribution < 1.29 is 45.7 Å². The first-order chi connectivity index (χ1) is 15.6. The number of anilines is 2. The summed E-state index contributed by atoms with van der Waals surface area (Å²) in [5, 5.41) is 17.0. The van der Waals surface area contributed by atoms with Crippen LogP contribution >= 0.6 is 0 Å². The number of hydrogen-bond acceptors (Lipinski definition) is 8. The highest BCUT2D eigenvalue weighted by atomic mass is 32.2. The van der Waals surface area contributed by atoms with Gasteiger partial charge in [-0.25, -0.2) is 9.59 Å². The van der Waals surface area contributed by atoms with Gasteiger partial charge in [-0.15, -0.1) is 0 Å². The molecule has 3 aromatic carbocycles. The molecule has 0 aliphatic heterocycles. The summed E-state index contributed by atoms with van der Waals surface area (Å²) in [7, 11) is -8.21. The molecular weight excluding hydrogens is 492 g/mol.